The van der Waals surface area contributed by atoms with Gasteiger partial charge in [0.15, 0.2) is 0 Å². The van der Waals surface area contributed by atoms with Crippen LogP contribution in [0, 0.1) is 0 Å². The van der Waals surface area contributed by atoms with Gasteiger partial charge in [0, 0.05) is 23.5 Å². The van der Waals surface area contributed by atoms with Crippen LogP contribution in [-0.4, -0.2) is 23.6 Å². The van der Waals surface area contributed by atoms with Crippen LogP contribution in [0.2, 0.25) is 0 Å². The first-order chi connectivity index (χ1) is 8.60. The Bertz CT molecular complexity index is 490. The molecule has 18 heavy (non-hydrogen) atoms. The summed E-state index contributed by atoms with van der Waals surface area (Å²) >= 11 is 1.51. The van der Waals surface area contributed by atoms with E-state index in [1.54, 1.807) is 6.07 Å². The van der Waals surface area contributed by atoms with Crippen molar-refractivity contribution in [2.75, 3.05) is 17.2 Å². The van der Waals surface area contributed by atoms with E-state index in [0.717, 1.165) is 10.6 Å². The van der Waals surface area contributed by atoms with Gasteiger partial charge in [-0.25, -0.2) is 0 Å². The normalized spacial score (nSPS) is 17.9. The molecule has 2 amide bonds. The summed E-state index contributed by atoms with van der Waals surface area (Å²) in [7, 11) is 0. The van der Waals surface area contributed by atoms with Crippen LogP contribution in [0.5, 0.6) is 0 Å². The average molecular weight is 265 g/mol. The van der Waals surface area contributed by atoms with Crippen LogP contribution in [0.3, 0.4) is 0 Å². The van der Waals surface area contributed by atoms with Gasteiger partial charge in [-0.15, -0.1) is 11.8 Å². The van der Waals surface area contributed by atoms with Crippen molar-refractivity contribution in [3.8, 4) is 0 Å². The number of carbonyl (C=O) groups is 2. The summed E-state index contributed by atoms with van der Waals surface area (Å²) < 4.78 is 0. The standard InChI is InChI=1S/C12H15N3O2S/c1-7-12(17)15-9-6-8(2-3-10(9)18-7)14-11(16)4-5-13/h2-3,6-7H,4-5,13H2,1H3,(H,14,16)(H,15,17). The summed E-state index contributed by atoms with van der Waals surface area (Å²) in [6, 6.07) is 5.49. The predicted octanol–water partition coefficient (Wildman–Crippen LogP) is 1.41. The lowest BCUT2D eigenvalue weighted by Crippen LogP contribution is -2.26. The van der Waals surface area contributed by atoms with Crippen LogP contribution in [0.1, 0.15) is 13.3 Å². The lowest BCUT2D eigenvalue weighted by atomic mass is 10.2. The van der Waals surface area contributed by atoms with E-state index in [1.165, 1.54) is 11.8 Å². The summed E-state index contributed by atoms with van der Waals surface area (Å²) in [4.78, 5) is 24.0. The molecule has 0 saturated heterocycles. The Balaban J connectivity index is 2.15. The van der Waals surface area contributed by atoms with Gasteiger partial charge in [0.2, 0.25) is 11.8 Å². The van der Waals surface area contributed by atoms with Gasteiger partial charge >= 0.3 is 0 Å². The number of amides is 2. The summed E-state index contributed by atoms with van der Waals surface area (Å²) in [5.41, 5.74) is 6.72. The zero-order valence-corrected chi connectivity index (χ0v) is 10.8. The van der Waals surface area contributed by atoms with Gasteiger partial charge in [0.05, 0.1) is 10.9 Å². The number of rotatable bonds is 3. The molecule has 1 unspecified atom stereocenters. The van der Waals surface area contributed by atoms with Crippen LogP contribution >= 0.6 is 11.8 Å². The number of nitrogens with one attached hydrogen (secondary N) is 2. The van der Waals surface area contributed by atoms with Crippen molar-refractivity contribution in [3.63, 3.8) is 0 Å². The SMILES string of the molecule is CC1Sc2ccc(NC(=O)CCN)cc2NC1=O. The Morgan fingerprint density at radius 1 is 1.56 bits per heavy atom. The van der Waals surface area contributed by atoms with Gasteiger partial charge in [-0.1, -0.05) is 0 Å². The molecule has 1 aliphatic heterocycles. The summed E-state index contributed by atoms with van der Waals surface area (Å²) in [5, 5.41) is 5.47. The Morgan fingerprint density at radius 2 is 2.33 bits per heavy atom. The lowest BCUT2D eigenvalue weighted by Gasteiger charge is -2.21. The third kappa shape index (κ3) is 2.83. The van der Waals surface area contributed by atoms with Gasteiger partial charge in [-0.05, 0) is 25.1 Å². The first-order valence-corrected chi connectivity index (χ1v) is 6.59. The zero-order valence-electron chi connectivity index (χ0n) is 10.0. The fraction of sp³-hybridized carbons (Fsp3) is 0.333. The monoisotopic (exact) mass is 265 g/mol. The molecule has 0 aromatic heterocycles. The minimum atomic E-state index is -0.124. The van der Waals surface area contributed by atoms with Crippen molar-refractivity contribution in [2.45, 2.75) is 23.5 Å². The van der Waals surface area contributed by atoms with E-state index in [0.29, 0.717) is 12.2 Å². The molecule has 0 fully saturated rings. The maximum Gasteiger partial charge on any atom is 0.237 e. The molecule has 1 aromatic carbocycles. The molecule has 1 aromatic rings. The van der Waals surface area contributed by atoms with Crippen molar-refractivity contribution < 1.29 is 9.59 Å². The highest BCUT2D eigenvalue weighted by molar-refractivity contribution is 8.00. The fourth-order valence-electron chi connectivity index (χ4n) is 1.64. The Morgan fingerprint density at radius 3 is 3.06 bits per heavy atom. The zero-order chi connectivity index (χ0) is 13.1. The minimum absolute atomic E-state index is 0.0158. The van der Waals surface area contributed by atoms with Crippen LogP contribution < -0.4 is 16.4 Å². The van der Waals surface area contributed by atoms with Crippen molar-refractivity contribution in [1.82, 2.24) is 0 Å². The Kier molecular flexibility index (Phi) is 3.88. The van der Waals surface area contributed by atoms with Crippen LogP contribution in [0.4, 0.5) is 11.4 Å². The van der Waals surface area contributed by atoms with E-state index in [1.807, 2.05) is 19.1 Å². The lowest BCUT2D eigenvalue weighted by molar-refractivity contribution is -0.116. The molecule has 6 heteroatoms. The molecule has 0 spiro atoms. The van der Waals surface area contributed by atoms with Gasteiger partial charge in [0.1, 0.15) is 0 Å². The van der Waals surface area contributed by atoms with Crippen LogP contribution in [0.15, 0.2) is 23.1 Å². The molecule has 5 nitrogen and oxygen atoms in total. The summed E-state index contributed by atoms with van der Waals surface area (Å²) in [6.07, 6.45) is 0.287. The van der Waals surface area contributed by atoms with Crippen molar-refractivity contribution in [1.29, 1.82) is 0 Å². The molecule has 0 saturated carbocycles. The molecular formula is C12H15N3O2S. The molecule has 0 aliphatic carbocycles. The summed E-state index contributed by atoms with van der Waals surface area (Å²) in [5.74, 6) is -0.140. The maximum atomic E-state index is 11.6. The van der Waals surface area contributed by atoms with Gasteiger partial charge in [-0.3, -0.25) is 9.59 Å². The third-order valence-corrected chi connectivity index (χ3v) is 3.74. The van der Waals surface area contributed by atoms with Gasteiger partial charge in [-0.2, -0.15) is 0 Å². The molecular weight excluding hydrogens is 250 g/mol. The molecule has 0 radical (unpaired) electrons. The molecule has 1 heterocycles. The van der Waals surface area contributed by atoms with E-state index in [-0.39, 0.29) is 23.5 Å². The second kappa shape index (κ2) is 5.41. The smallest absolute Gasteiger partial charge is 0.237 e. The molecule has 1 aliphatic rings. The van der Waals surface area contributed by atoms with E-state index < -0.39 is 0 Å². The number of hydrogen-bond acceptors (Lipinski definition) is 4. The topological polar surface area (TPSA) is 84.2 Å². The number of nitrogens with two attached hydrogens (primary N) is 1. The Hall–Kier alpha value is -1.53. The van der Waals surface area contributed by atoms with Crippen molar-refractivity contribution in [3.05, 3.63) is 18.2 Å². The van der Waals surface area contributed by atoms with Crippen molar-refractivity contribution >= 4 is 35.0 Å². The second-order valence-electron chi connectivity index (χ2n) is 4.05. The fourth-order valence-corrected chi connectivity index (χ4v) is 2.57. The maximum absolute atomic E-state index is 11.6. The molecule has 1 atom stereocenters. The van der Waals surface area contributed by atoms with E-state index in [4.69, 9.17) is 5.73 Å². The number of thioether (sulfide) groups is 1. The first kappa shape index (κ1) is 12.9. The predicted molar refractivity (Wildman–Crippen MR) is 72.7 cm³/mol. The number of fused-ring (bicyclic) bond motifs is 1. The highest BCUT2D eigenvalue weighted by Crippen LogP contribution is 2.36. The quantitative estimate of drug-likeness (QED) is 0.771. The highest BCUT2D eigenvalue weighted by Gasteiger charge is 2.23. The molecule has 4 N–H and O–H groups in total. The average Bonchev–Trinajstić information content (AvgIpc) is 2.31. The molecule has 2 rings (SSSR count). The van der Waals surface area contributed by atoms with Crippen LogP contribution in [0.25, 0.3) is 0 Å². The number of carbonyl (C=O) groups excluding carboxylic acids is 2. The second-order valence-corrected chi connectivity index (χ2v) is 5.43. The van der Waals surface area contributed by atoms with E-state index in [9.17, 15) is 9.59 Å². The minimum Gasteiger partial charge on any atom is -0.330 e. The highest BCUT2D eigenvalue weighted by atomic mass is 32.2. The van der Waals surface area contributed by atoms with Crippen molar-refractivity contribution in [2.24, 2.45) is 5.73 Å². The third-order valence-electron chi connectivity index (χ3n) is 2.57. The van der Waals surface area contributed by atoms with E-state index >= 15 is 0 Å². The van der Waals surface area contributed by atoms with Gasteiger partial charge in [0.25, 0.3) is 0 Å². The number of anilines is 2. The van der Waals surface area contributed by atoms with Gasteiger partial charge < -0.3 is 16.4 Å². The van der Waals surface area contributed by atoms with Crippen LogP contribution in [-0.2, 0) is 9.59 Å². The Labute approximate surface area is 110 Å². The largest absolute Gasteiger partial charge is 0.330 e. The number of hydrogen-bond donors (Lipinski definition) is 3. The molecule has 0 bridgehead atoms. The van der Waals surface area contributed by atoms with E-state index in [2.05, 4.69) is 10.6 Å². The number of benzene rings is 1. The summed E-state index contributed by atoms with van der Waals surface area (Å²) in [6.45, 7) is 2.18. The first-order valence-electron chi connectivity index (χ1n) is 5.71. The molecule has 96 valence electrons.